The molecule has 0 bridgehead atoms. The van der Waals surface area contributed by atoms with Crippen molar-refractivity contribution in [2.75, 3.05) is 20.8 Å². The van der Waals surface area contributed by atoms with E-state index in [-0.39, 0.29) is 12.2 Å². The van der Waals surface area contributed by atoms with Gasteiger partial charge in [-0.25, -0.2) is 4.39 Å². The molecule has 0 amide bonds. The molecule has 10 heteroatoms. The van der Waals surface area contributed by atoms with Gasteiger partial charge in [0.25, 0.3) is 0 Å². The lowest BCUT2D eigenvalue weighted by Gasteiger charge is -2.32. The van der Waals surface area contributed by atoms with Crippen LogP contribution >= 0.6 is 11.8 Å². The third kappa shape index (κ3) is 6.85. The van der Waals surface area contributed by atoms with Crippen LogP contribution in [0.15, 0.2) is 77.7 Å². The third-order valence-corrected chi connectivity index (χ3v) is 7.07. The molecule has 0 aromatic heterocycles. The molecule has 0 aliphatic heterocycles. The Kier molecular flexibility index (Phi) is 9.24. The van der Waals surface area contributed by atoms with Crippen LogP contribution in [0.4, 0.5) is 4.39 Å². The molecule has 3 rings (SSSR count). The second-order valence-electron chi connectivity index (χ2n) is 8.31. The largest absolute Gasteiger partial charge is 0.497 e. The van der Waals surface area contributed by atoms with Gasteiger partial charge in [0.1, 0.15) is 29.3 Å². The van der Waals surface area contributed by atoms with Crippen LogP contribution in [-0.4, -0.2) is 36.8 Å². The Labute approximate surface area is 217 Å². The average Bonchev–Trinajstić information content (AvgIpc) is 2.91. The number of carbonyl (C=O) groups is 2. The molecule has 3 aromatic carbocycles. The highest BCUT2D eigenvalue weighted by molar-refractivity contribution is 8.13. The van der Waals surface area contributed by atoms with Gasteiger partial charge in [0, 0.05) is 9.82 Å². The smallest absolute Gasteiger partial charge is 0.321 e. The Balaban J connectivity index is 1.97. The molecule has 0 saturated heterocycles. The fourth-order valence-electron chi connectivity index (χ4n) is 3.71. The maximum Gasteiger partial charge on any atom is 0.321 e. The molecule has 37 heavy (non-hydrogen) atoms. The van der Waals surface area contributed by atoms with Crippen molar-refractivity contribution in [2.45, 2.75) is 24.3 Å². The second-order valence-corrected chi connectivity index (χ2v) is 9.36. The highest BCUT2D eigenvalue weighted by Gasteiger charge is 2.52. The van der Waals surface area contributed by atoms with Gasteiger partial charge in [0.15, 0.2) is 0 Å². The SMILES string of the molecule is COc1ccc(COC(=O)C(C)(C(=O)Sc2ccc(OC)cc2)C(C[N+](=O)[O-])c2ccc(F)cc2)cc1. The normalized spacial score (nSPS) is 13.2. The van der Waals surface area contributed by atoms with Crippen molar-refractivity contribution in [1.82, 2.24) is 0 Å². The number of hydrogen-bond donors (Lipinski definition) is 0. The first-order valence-corrected chi connectivity index (χ1v) is 12.0. The van der Waals surface area contributed by atoms with Crippen molar-refractivity contribution in [3.05, 3.63) is 99.9 Å². The monoisotopic (exact) mass is 527 g/mol. The standard InChI is InChI=1S/C27H26FNO7S/c1-27(26(31)37-23-14-12-22(35-3)13-15-23,24(16-29(32)33)19-6-8-20(28)9-7-19)25(30)36-17-18-4-10-21(34-2)11-5-18/h4-15,24H,16-17H2,1-3H3. The van der Waals surface area contributed by atoms with E-state index in [1.807, 2.05) is 0 Å². The summed E-state index contributed by atoms with van der Waals surface area (Å²) in [5, 5.41) is 11.0. The highest BCUT2D eigenvalue weighted by Crippen LogP contribution is 2.43. The number of esters is 1. The number of halogens is 1. The quantitative estimate of drug-likeness (QED) is 0.109. The van der Waals surface area contributed by atoms with Crippen molar-refractivity contribution in [3.63, 3.8) is 0 Å². The molecule has 0 heterocycles. The summed E-state index contributed by atoms with van der Waals surface area (Å²) in [5.41, 5.74) is -1.06. The Bertz CT molecular complexity index is 1230. The van der Waals surface area contributed by atoms with E-state index in [4.69, 9.17) is 14.2 Å². The van der Waals surface area contributed by atoms with Crippen LogP contribution in [0, 0.1) is 21.3 Å². The van der Waals surface area contributed by atoms with Crippen LogP contribution in [0.5, 0.6) is 11.5 Å². The van der Waals surface area contributed by atoms with Gasteiger partial charge in [-0.05, 0) is 66.6 Å². The van der Waals surface area contributed by atoms with Gasteiger partial charge in [-0.1, -0.05) is 36.0 Å². The van der Waals surface area contributed by atoms with Gasteiger partial charge in [0.2, 0.25) is 11.7 Å². The molecule has 194 valence electrons. The van der Waals surface area contributed by atoms with Gasteiger partial charge in [0.05, 0.1) is 20.1 Å². The van der Waals surface area contributed by atoms with E-state index < -0.39 is 39.7 Å². The molecule has 2 unspecified atom stereocenters. The molecular formula is C27H26FNO7S. The van der Waals surface area contributed by atoms with E-state index in [2.05, 4.69) is 0 Å². The van der Waals surface area contributed by atoms with Crippen LogP contribution in [0.25, 0.3) is 0 Å². The lowest BCUT2D eigenvalue weighted by atomic mass is 9.74. The number of nitro groups is 1. The summed E-state index contributed by atoms with van der Waals surface area (Å²) in [6.07, 6.45) is 0. The first-order valence-electron chi connectivity index (χ1n) is 11.2. The molecule has 0 radical (unpaired) electrons. The molecule has 8 nitrogen and oxygen atoms in total. The number of carbonyl (C=O) groups excluding carboxylic acids is 2. The Morgan fingerprint density at radius 2 is 1.49 bits per heavy atom. The van der Waals surface area contributed by atoms with E-state index in [1.165, 1.54) is 33.3 Å². The van der Waals surface area contributed by atoms with Crippen molar-refractivity contribution in [1.29, 1.82) is 0 Å². The second kappa shape index (κ2) is 12.4. The van der Waals surface area contributed by atoms with Crippen molar-refractivity contribution < 1.29 is 33.1 Å². The third-order valence-electron chi connectivity index (χ3n) is 5.95. The zero-order chi connectivity index (χ0) is 27.0. The van der Waals surface area contributed by atoms with Crippen molar-refractivity contribution >= 4 is 22.8 Å². The minimum absolute atomic E-state index is 0.159. The van der Waals surface area contributed by atoms with Gasteiger partial charge >= 0.3 is 5.97 Å². The minimum Gasteiger partial charge on any atom is -0.497 e. The lowest BCUT2D eigenvalue weighted by Crippen LogP contribution is -2.44. The van der Waals surface area contributed by atoms with Crippen molar-refractivity contribution in [3.8, 4) is 11.5 Å². The maximum atomic E-state index is 13.7. The fraction of sp³-hybridized carbons (Fsp3) is 0.259. The molecule has 0 spiro atoms. The molecule has 0 aliphatic rings. The van der Waals surface area contributed by atoms with Crippen LogP contribution < -0.4 is 9.47 Å². The predicted octanol–water partition coefficient (Wildman–Crippen LogP) is 5.27. The molecule has 0 aliphatic carbocycles. The van der Waals surface area contributed by atoms with Gasteiger partial charge < -0.3 is 14.2 Å². The number of methoxy groups -OCH3 is 2. The number of nitrogens with zero attached hydrogens (tertiary/aromatic N) is 1. The van der Waals surface area contributed by atoms with E-state index >= 15 is 0 Å². The van der Waals surface area contributed by atoms with E-state index in [0.717, 1.165) is 23.9 Å². The Morgan fingerprint density at radius 3 is 2.00 bits per heavy atom. The summed E-state index contributed by atoms with van der Waals surface area (Å²) < 4.78 is 29.4. The number of hydrogen-bond acceptors (Lipinski definition) is 8. The summed E-state index contributed by atoms with van der Waals surface area (Å²) in [5.74, 6) is -1.49. The zero-order valence-electron chi connectivity index (χ0n) is 20.5. The first kappa shape index (κ1) is 27.7. The molecule has 0 fully saturated rings. The highest BCUT2D eigenvalue weighted by atomic mass is 32.2. The fourth-order valence-corrected chi connectivity index (χ4v) is 4.63. The van der Waals surface area contributed by atoms with Gasteiger partial charge in [-0.2, -0.15) is 0 Å². The Hall–Kier alpha value is -3.92. The van der Waals surface area contributed by atoms with Crippen LogP contribution in [0.1, 0.15) is 24.0 Å². The number of ether oxygens (including phenoxy) is 3. The summed E-state index contributed by atoms with van der Waals surface area (Å²) in [6, 6.07) is 18.3. The van der Waals surface area contributed by atoms with E-state index in [9.17, 15) is 24.1 Å². The zero-order valence-corrected chi connectivity index (χ0v) is 21.3. The molecule has 0 N–H and O–H groups in total. The molecule has 0 saturated carbocycles. The molecular weight excluding hydrogens is 501 g/mol. The minimum atomic E-state index is -1.97. The predicted molar refractivity (Wildman–Crippen MR) is 136 cm³/mol. The summed E-state index contributed by atoms with van der Waals surface area (Å²) in [6.45, 7) is 0.432. The number of rotatable bonds is 11. The lowest BCUT2D eigenvalue weighted by molar-refractivity contribution is -0.485. The van der Waals surface area contributed by atoms with E-state index in [1.54, 1.807) is 48.5 Å². The maximum absolute atomic E-state index is 13.7. The van der Waals surface area contributed by atoms with E-state index in [0.29, 0.717) is 22.0 Å². The topological polar surface area (TPSA) is 105 Å². The van der Waals surface area contributed by atoms with Crippen molar-refractivity contribution in [2.24, 2.45) is 5.41 Å². The van der Waals surface area contributed by atoms with Crippen LogP contribution in [-0.2, 0) is 20.9 Å². The summed E-state index contributed by atoms with van der Waals surface area (Å²) >= 11 is 0.769. The molecule has 2 atom stereocenters. The number of benzene rings is 3. The summed E-state index contributed by atoms with van der Waals surface area (Å²) in [4.78, 5) is 38.8. The Morgan fingerprint density at radius 1 is 0.946 bits per heavy atom. The average molecular weight is 528 g/mol. The number of thioether (sulfide) groups is 1. The van der Waals surface area contributed by atoms with Crippen LogP contribution in [0.2, 0.25) is 0 Å². The first-order chi connectivity index (χ1) is 17.7. The summed E-state index contributed by atoms with van der Waals surface area (Å²) in [7, 11) is 3.03. The van der Waals surface area contributed by atoms with Gasteiger partial charge in [-0.3, -0.25) is 19.7 Å². The van der Waals surface area contributed by atoms with Gasteiger partial charge in [-0.15, -0.1) is 0 Å². The molecule has 3 aromatic rings. The van der Waals surface area contributed by atoms with Crippen LogP contribution in [0.3, 0.4) is 0 Å².